The first-order chi connectivity index (χ1) is 12.1. The Morgan fingerprint density at radius 3 is 2.36 bits per heavy atom. The zero-order valence-electron chi connectivity index (χ0n) is 14.2. The maximum atomic E-state index is 5.90. The van der Waals surface area contributed by atoms with E-state index in [1.807, 2.05) is 56.6 Å². The van der Waals surface area contributed by atoms with Gasteiger partial charge in [-0.05, 0) is 48.0 Å². The van der Waals surface area contributed by atoms with Gasteiger partial charge in [0.25, 0.3) is 0 Å². The Balaban J connectivity index is 1.63. The van der Waals surface area contributed by atoms with Gasteiger partial charge in [-0.15, -0.1) is 0 Å². The Morgan fingerprint density at radius 2 is 1.68 bits per heavy atom. The molecule has 0 saturated heterocycles. The van der Waals surface area contributed by atoms with Crippen LogP contribution in [0.3, 0.4) is 0 Å². The quantitative estimate of drug-likeness (QED) is 0.680. The number of hydrogen-bond acceptors (Lipinski definition) is 5. The average Bonchev–Trinajstić information content (AvgIpc) is 2.62. The molecule has 6 heteroatoms. The number of nitrogens with zero attached hydrogens (tertiary/aromatic N) is 3. The summed E-state index contributed by atoms with van der Waals surface area (Å²) in [5, 5.41) is 7.24. The Bertz CT molecular complexity index is 816. The van der Waals surface area contributed by atoms with E-state index >= 15 is 0 Å². The number of benzene rings is 2. The van der Waals surface area contributed by atoms with Crippen LogP contribution in [-0.4, -0.2) is 24.1 Å². The van der Waals surface area contributed by atoms with Crippen LogP contribution in [0.2, 0.25) is 5.02 Å². The highest BCUT2D eigenvalue weighted by Crippen LogP contribution is 2.19. The largest absolute Gasteiger partial charge is 0.378 e. The Morgan fingerprint density at radius 1 is 0.960 bits per heavy atom. The minimum absolute atomic E-state index is 0.574. The normalized spacial score (nSPS) is 10.4. The molecule has 1 aromatic heterocycles. The van der Waals surface area contributed by atoms with Gasteiger partial charge in [-0.25, -0.2) is 4.98 Å². The van der Waals surface area contributed by atoms with Crippen LogP contribution in [0.4, 0.5) is 23.1 Å². The van der Waals surface area contributed by atoms with Crippen LogP contribution in [0.15, 0.2) is 60.8 Å². The Kier molecular flexibility index (Phi) is 5.36. The molecule has 1 heterocycles. The van der Waals surface area contributed by atoms with E-state index in [2.05, 4.69) is 37.6 Å². The van der Waals surface area contributed by atoms with Crippen LogP contribution in [0.25, 0.3) is 0 Å². The van der Waals surface area contributed by atoms with Gasteiger partial charge in [-0.1, -0.05) is 23.7 Å². The highest BCUT2D eigenvalue weighted by molar-refractivity contribution is 6.30. The van der Waals surface area contributed by atoms with E-state index in [1.165, 1.54) is 0 Å². The molecule has 2 aromatic carbocycles. The molecule has 0 atom stereocenters. The summed E-state index contributed by atoms with van der Waals surface area (Å²) in [4.78, 5) is 10.8. The summed E-state index contributed by atoms with van der Waals surface area (Å²) in [6, 6.07) is 17.7. The molecule has 128 valence electrons. The predicted octanol–water partition coefficient (Wildman–Crippen LogP) is 4.55. The summed E-state index contributed by atoms with van der Waals surface area (Å²) in [6.07, 6.45) is 1.73. The van der Waals surface area contributed by atoms with Crippen molar-refractivity contribution in [1.29, 1.82) is 0 Å². The molecule has 0 bridgehead atoms. The molecule has 0 unspecified atom stereocenters. The third-order valence-corrected chi connectivity index (χ3v) is 3.93. The third kappa shape index (κ3) is 4.84. The first kappa shape index (κ1) is 17.0. The van der Waals surface area contributed by atoms with E-state index in [-0.39, 0.29) is 0 Å². The molecule has 0 fully saturated rings. The molecule has 25 heavy (non-hydrogen) atoms. The van der Waals surface area contributed by atoms with E-state index < -0.39 is 0 Å². The number of aromatic nitrogens is 2. The molecule has 3 aromatic rings. The molecule has 0 aliphatic heterocycles. The first-order valence-electron chi connectivity index (χ1n) is 7.96. The number of rotatable bonds is 6. The van der Waals surface area contributed by atoms with Crippen LogP contribution in [0.1, 0.15) is 5.56 Å². The fourth-order valence-electron chi connectivity index (χ4n) is 2.29. The van der Waals surface area contributed by atoms with Gasteiger partial charge in [-0.2, -0.15) is 4.98 Å². The van der Waals surface area contributed by atoms with Gasteiger partial charge in [0.2, 0.25) is 5.95 Å². The summed E-state index contributed by atoms with van der Waals surface area (Å²) < 4.78 is 0. The zero-order chi connectivity index (χ0) is 17.6. The van der Waals surface area contributed by atoms with Gasteiger partial charge in [0, 0.05) is 43.2 Å². The van der Waals surface area contributed by atoms with Crippen molar-refractivity contribution in [2.45, 2.75) is 6.54 Å². The number of nitrogens with one attached hydrogen (secondary N) is 2. The van der Waals surface area contributed by atoms with Crippen LogP contribution < -0.4 is 15.5 Å². The lowest BCUT2D eigenvalue weighted by atomic mass is 10.2. The maximum absolute atomic E-state index is 5.90. The van der Waals surface area contributed by atoms with Crippen LogP contribution in [-0.2, 0) is 6.54 Å². The lowest BCUT2D eigenvalue weighted by molar-refractivity contribution is 1.06. The molecule has 2 N–H and O–H groups in total. The standard InChI is InChI=1S/C19H20ClN5/c1-25(2)17-9-7-16(8-10-17)23-18-11-12-21-19(24-18)22-13-14-3-5-15(20)6-4-14/h3-12H,13H2,1-2H3,(H2,21,22,23,24). The smallest absolute Gasteiger partial charge is 0.224 e. The van der Waals surface area contributed by atoms with E-state index in [0.29, 0.717) is 12.5 Å². The highest BCUT2D eigenvalue weighted by atomic mass is 35.5. The molecule has 0 saturated carbocycles. The van der Waals surface area contributed by atoms with E-state index in [0.717, 1.165) is 27.8 Å². The summed E-state index contributed by atoms with van der Waals surface area (Å²) in [6.45, 7) is 0.637. The maximum Gasteiger partial charge on any atom is 0.224 e. The zero-order valence-corrected chi connectivity index (χ0v) is 15.0. The van der Waals surface area contributed by atoms with Crippen LogP contribution in [0, 0.1) is 0 Å². The number of hydrogen-bond donors (Lipinski definition) is 2. The second-order valence-corrected chi connectivity index (χ2v) is 6.25. The topological polar surface area (TPSA) is 53.1 Å². The molecular formula is C19H20ClN5. The fraction of sp³-hybridized carbons (Fsp3) is 0.158. The van der Waals surface area contributed by atoms with Crippen molar-refractivity contribution in [3.8, 4) is 0 Å². The first-order valence-corrected chi connectivity index (χ1v) is 8.34. The van der Waals surface area contributed by atoms with Crippen molar-refractivity contribution in [3.05, 3.63) is 71.4 Å². The van der Waals surface area contributed by atoms with Crippen LogP contribution >= 0.6 is 11.6 Å². The van der Waals surface area contributed by atoms with Gasteiger partial charge >= 0.3 is 0 Å². The summed E-state index contributed by atoms with van der Waals surface area (Å²) >= 11 is 5.90. The van der Waals surface area contributed by atoms with Gasteiger partial charge in [0.15, 0.2) is 0 Å². The fourth-order valence-corrected chi connectivity index (χ4v) is 2.41. The second kappa shape index (κ2) is 7.85. The summed E-state index contributed by atoms with van der Waals surface area (Å²) in [5.74, 6) is 1.32. The van der Waals surface area contributed by atoms with Crippen molar-refractivity contribution >= 4 is 34.7 Å². The SMILES string of the molecule is CN(C)c1ccc(Nc2ccnc(NCc3ccc(Cl)cc3)n2)cc1. The molecule has 0 radical (unpaired) electrons. The molecular weight excluding hydrogens is 334 g/mol. The Labute approximate surface area is 152 Å². The number of anilines is 4. The Hall–Kier alpha value is -2.79. The molecule has 0 aliphatic rings. The molecule has 0 aliphatic carbocycles. The van der Waals surface area contributed by atoms with Gasteiger partial charge < -0.3 is 15.5 Å². The highest BCUT2D eigenvalue weighted by Gasteiger charge is 2.02. The molecule has 0 amide bonds. The van der Waals surface area contributed by atoms with Crippen molar-refractivity contribution in [3.63, 3.8) is 0 Å². The third-order valence-electron chi connectivity index (χ3n) is 3.68. The minimum Gasteiger partial charge on any atom is -0.378 e. The minimum atomic E-state index is 0.574. The number of halogens is 1. The van der Waals surface area contributed by atoms with E-state index in [1.54, 1.807) is 6.20 Å². The van der Waals surface area contributed by atoms with Crippen molar-refractivity contribution in [2.24, 2.45) is 0 Å². The van der Waals surface area contributed by atoms with Crippen LogP contribution in [0.5, 0.6) is 0 Å². The second-order valence-electron chi connectivity index (χ2n) is 5.81. The van der Waals surface area contributed by atoms with Crippen molar-refractivity contribution in [1.82, 2.24) is 9.97 Å². The summed E-state index contributed by atoms with van der Waals surface area (Å²) in [5.41, 5.74) is 3.25. The van der Waals surface area contributed by atoms with Gasteiger partial charge in [-0.3, -0.25) is 0 Å². The molecule has 5 nitrogen and oxygen atoms in total. The molecule has 0 spiro atoms. The monoisotopic (exact) mass is 353 g/mol. The van der Waals surface area contributed by atoms with Crippen molar-refractivity contribution < 1.29 is 0 Å². The lowest BCUT2D eigenvalue weighted by Gasteiger charge is -2.13. The predicted molar refractivity (Wildman–Crippen MR) is 105 cm³/mol. The molecule has 3 rings (SSSR count). The van der Waals surface area contributed by atoms with Gasteiger partial charge in [0.05, 0.1) is 0 Å². The summed E-state index contributed by atoms with van der Waals surface area (Å²) in [7, 11) is 4.04. The van der Waals surface area contributed by atoms with E-state index in [4.69, 9.17) is 11.6 Å². The van der Waals surface area contributed by atoms with Crippen molar-refractivity contribution in [2.75, 3.05) is 29.6 Å². The average molecular weight is 354 g/mol. The van der Waals surface area contributed by atoms with E-state index in [9.17, 15) is 0 Å². The van der Waals surface area contributed by atoms with Gasteiger partial charge in [0.1, 0.15) is 5.82 Å². The lowest BCUT2D eigenvalue weighted by Crippen LogP contribution is -2.08.